The zero-order valence-corrected chi connectivity index (χ0v) is 17.5. The SMILES string of the molecule is COc1cccc(C(C)(C)C(=O)N2CCC3(CC2)CC(O)c2nn(C)cc2O3)c1. The van der Waals surface area contributed by atoms with E-state index in [1.807, 2.05) is 56.3 Å². The number of aromatic nitrogens is 2. The van der Waals surface area contributed by atoms with Crippen molar-refractivity contribution in [1.82, 2.24) is 14.7 Å². The van der Waals surface area contributed by atoms with Crippen molar-refractivity contribution in [3.8, 4) is 11.5 Å². The number of aliphatic hydroxyl groups excluding tert-OH is 1. The molecule has 2 aliphatic heterocycles. The van der Waals surface area contributed by atoms with Crippen LogP contribution in [0.15, 0.2) is 30.5 Å². The monoisotopic (exact) mass is 399 g/mol. The summed E-state index contributed by atoms with van der Waals surface area (Å²) >= 11 is 0. The molecule has 0 radical (unpaired) electrons. The van der Waals surface area contributed by atoms with E-state index >= 15 is 0 Å². The van der Waals surface area contributed by atoms with Gasteiger partial charge in [-0.15, -0.1) is 0 Å². The molecular formula is C22H29N3O4. The predicted molar refractivity (Wildman–Crippen MR) is 108 cm³/mol. The van der Waals surface area contributed by atoms with E-state index in [9.17, 15) is 9.90 Å². The highest BCUT2D eigenvalue weighted by atomic mass is 16.5. The first kappa shape index (κ1) is 19.8. The number of fused-ring (bicyclic) bond motifs is 1. The van der Waals surface area contributed by atoms with Gasteiger partial charge in [-0.2, -0.15) is 5.10 Å². The van der Waals surface area contributed by atoms with Crippen LogP contribution in [0.3, 0.4) is 0 Å². The van der Waals surface area contributed by atoms with Gasteiger partial charge in [0.25, 0.3) is 0 Å². The van der Waals surface area contributed by atoms with Crippen molar-refractivity contribution in [2.75, 3.05) is 20.2 Å². The van der Waals surface area contributed by atoms with Crippen LogP contribution in [0.4, 0.5) is 0 Å². The minimum Gasteiger partial charge on any atom is -0.497 e. The fourth-order valence-corrected chi connectivity index (χ4v) is 4.47. The van der Waals surface area contributed by atoms with E-state index in [4.69, 9.17) is 9.47 Å². The fraction of sp³-hybridized carbons (Fsp3) is 0.545. The van der Waals surface area contributed by atoms with Crippen molar-refractivity contribution in [3.05, 3.63) is 41.7 Å². The molecule has 1 fully saturated rings. The van der Waals surface area contributed by atoms with Gasteiger partial charge in [-0.05, 0) is 31.5 Å². The Morgan fingerprint density at radius 1 is 1.34 bits per heavy atom. The second kappa shape index (κ2) is 7.06. The van der Waals surface area contributed by atoms with Crippen LogP contribution in [0, 0.1) is 0 Å². The molecule has 3 heterocycles. The predicted octanol–water partition coefficient (Wildman–Crippen LogP) is 2.58. The standard InChI is InChI=1S/C22H29N3O4/c1-21(2,15-6-5-7-16(12-15)28-4)20(27)25-10-8-22(9-11-25)13-17(26)19-18(29-22)14-24(3)23-19/h5-7,12,14,17,26H,8-11,13H2,1-4H3. The van der Waals surface area contributed by atoms with Crippen molar-refractivity contribution in [3.63, 3.8) is 0 Å². The molecule has 7 nitrogen and oxygen atoms in total. The summed E-state index contributed by atoms with van der Waals surface area (Å²) < 4.78 is 13.3. The Kier molecular flexibility index (Phi) is 4.81. The maximum absolute atomic E-state index is 13.3. The third-order valence-electron chi connectivity index (χ3n) is 6.32. The number of rotatable bonds is 3. The largest absolute Gasteiger partial charge is 0.497 e. The molecule has 4 rings (SSSR count). The van der Waals surface area contributed by atoms with E-state index in [0.717, 1.165) is 11.3 Å². The number of aliphatic hydroxyl groups is 1. The molecule has 2 aliphatic rings. The van der Waals surface area contributed by atoms with Crippen LogP contribution in [-0.2, 0) is 17.3 Å². The topological polar surface area (TPSA) is 76.8 Å². The van der Waals surface area contributed by atoms with E-state index in [1.165, 1.54) is 0 Å². The molecule has 0 bridgehead atoms. The number of piperidine rings is 1. The van der Waals surface area contributed by atoms with Gasteiger partial charge in [-0.3, -0.25) is 9.48 Å². The van der Waals surface area contributed by atoms with Gasteiger partial charge in [0.05, 0.1) is 18.7 Å². The number of carbonyl (C=O) groups excluding carboxylic acids is 1. The molecule has 7 heteroatoms. The number of likely N-dealkylation sites (tertiary alicyclic amines) is 1. The van der Waals surface area contributed by atoms with E-state index in [0.29, 0.717) is 43.8 Å². The van der Waals surface area contributed by atoms with E-state index in [2.05, 4.69) is 5.10 Å². The molecule has 1 saturated heterocycles. The van der Waals surface area contributed by atoms with Crippen molar-refractivity contribution >= 4 is 5.91 Å². The van der Waals surface area contributed by atoms with Crippen molar-refractivity contribution in [1.29, 1.82) is 0 Å². The van der Waals surface area contributed by atoms with Crippen LogP contribution in [0.5, 0.6) is 11.5 Å². The summed E-state index contributed by atoms with van der Waals surface area (Å²) in [5.41, 5.74) is 0.455. The Morgan fingerprint density at radius 3 is 2.76 bits per heavy atom. The van der Waals surface area contributed by atoms with Crippen molar-refractivity contribution in [2.24, 2.45) is 7.05 Å². The van der Waals surface area contributed by atoms with Crippen LogP contribution < -0.4 is 9.47 Å². The number of ether oxygens (including phenoxy) is 2. The number of hydrogen-bond acceptors (Lipinski definition) is 5. The lowest BCUT2D eigenvalue weighted by atomic mass is 9.80. The average Bonchev–Trinajstić information content (AvgIpc) is 3.08. The lowest BCUT2D eigenvalue weighted by Crippen LogP contribution is -2.54. The summed E-state index contributed by atoms with van der Waals surface area (Å²) in [7, 11) is 3.45. The van der Waals surface area contributed by atoms with Crippen molar-refractivity contribution < 1.29 is 19.4 Å². The third kappa shape index (κ3) is 3.48. The zero-order chi connectivity index (χ0) is 20.8. The number of aryl methyl sites for hydroxylation is 1. The maximum Gasteiger partial charge on any atom is 0.232 e. The number of benzene rings is 1. The first-order chi connectivity index (χ1) is 13.7. The first-order valence-electron chi connectivity index (χ1n) is 10.1. The average molecular weight is 399 g/mol. The Labute approximate surface area is 171 Å². The highest BCUT2D eigenvalue weighted by Crippen LogP contribution is 2.44. The van der Waals surface area contributed by atoms with Crippen LogP contribution in [0.25, 0.3) is 0 Å². The fourth-order valence-electron chi connectivity index (χ4n) is 4.47. The Bertz CT molecular complexity index is 913. The van der Waals surface area contributed by atoms with E-state index in [-0.39, 0.29) is 5.91 Å². The van der Waals surface area contributed by atoms with Gasteiger partial charge in [0, 0.05) is 39.4 Å². The van der Waals surface area contributed by atoms with Crippen molar-refractivity contribution in [2.45, 2.75) is 50.2 Å². The summed E-state index contributed by atoms with van der Waals surface area (Å²) in [6.07, 6.45) is 3.08. The summed E-state index contributed by atoms with van der Waals surface area (Å²) in [5.74, 6) is 1.50. The van der Waals surface area contributed by atoms with Crippen LogP contribution in [-0.4, -0.2) is 51.5 Å². The Balaban J connectivity index is 1.47. The van der Waals surface area contributed by atoms with Gasteiger partial charge in [0.15, 0.2) is 5.75 Å². The summed E-state index contributed by atoms with van der Waals surface area (Å²) in [6, 6.07) is 7.69. The van der Waals surface area contributed by atoms with Crippen LogP contribution in [0.2, 0.25) is 0 Å². The molecule has 2 aromatic rings. The molecule has 1 N–H and O–H groups in total. The number of hydrogen-bond donors (Lipinski definition) is 1. The molecule has 1 atom stereocenters. The summed E-state index contributed by atoms with van der Waals surface area (Å²) in [4.78, 5) is 15.3. The number of amides is 1. The molecule has 0 aliphatic carbocycles. The zero-order valence-electron chi connectivity index (χ0n) is 17.5. The van der Waals surface area contributed by atoms with Gasteiger partial charge in [0.2, 0.25) is 5.91 Å². The molecule has 29 heavy (non-hydrogen) atoms. The molecule has 1 amide bonds. The second-order valence-corrected chi connectivity index (χ2v) is 8.71. The normalized spacial score (nSPS) is 20.9. The quantitative estimate of drug-likeness (QED) is 0.859. The molecule has 156 valence electrons. The van der Waals surface area contributed by atoms with Gasteiger partial charge >= 0.3 is 0 Å². The lowest BCUT2D eigenvalue weighted by Gasteiger charge is -2.46. The number of carbonyl (C=O) groups is 1. The minimum atomic E-state index is -0.650. The summed E-state index contributed by atoms with van der Waals surface area (Å²) in [5, 5.41) is 14.8. The lowest BCUT2D eigenvalue weighted by molar-refractivity contribution is -0.141. The second-order valence-electron chi connectivity index (χ2n) is 8.71. The smallest absolute Gasteiger partial charge is 0.232 e. The number of nitrogens with zero attached hydrogens (tertiary/aromatic N) is 3. The molecule has 1 aromatic carbocycles. The van der Waals surface area contributed by atoms with Gasteiger partial charge < -0.3 is 19.5 Å². The number of methoxy groups -OCH3 is 1. The molecular weight excluding hydrogens is 370 g/mol. The Morgan fingerprint density at radius 2 is 2.07 bits per heavy atom. The highest BCUT2D eigenvalue weighted by molar-refractivity contribution is 5.87. The molecule has 1 spiro atoms. The van der Waals surface area contributed by atoms with Gasteiger partial charge in [-0.1, -0.05) is 12.1 Å². The van der Waals surface area contributed by atoms with E-state index < -0.39 is 17.1 Å². The van der Waals surface area contributed by atoms with Crippen LogP contribution in [0.1, 0.15) is 50.5 Å². The molecule has 1 unspecified atom stereocenters. The third-order valence-corrected chi connectivity index (χ3v) is 6.32. The molecule has 1 aromatic heterocycles. The molecule has 0 saturated carbocycles. The van der Waals surface area contributed by atoms with Gasteiger partial charge in [-0.25, -0.2) is 0 Å². The maximum atomic E-state index is 13.3. The Hall–Kier alpha value is -2.54. The highest BCUT2D eigenvalue weighted by Gasteiger charge is 2.46. The van der Waals surface area contributed by atoms with E-state index in [1.54, 1.807) is 11.8 Å². The first-order valence-corrected chi connectivity index (χ1v) is 10.1. The van der Waals surface area contributed by atoms with Gasteiger partial charge in [0.1, 0.15) is 23.1 Å². The van der Waals surface area contributed by atoms with Crippen LogP contribution >= 0.6 is 0 Å². The minimum absolute atomic E-state index is 0.0963. The summed E-state index contributed by atoms with van der Waals surface area (Å²) in [6.45, 7) is 5.12.